The zero-order valence-corrected chi connectivity index (χ0v) is 13.0. The Morgan fingerprint density at radius 3 is 2.22 bits per heavy atom. The number of nitrogens with one attached hydrogen (secondary N) is 2. The van der Waals surface area contributed by atoms with Gasteiger partial charge in [0, 0.05) is 23.9 Å². The van der Waals surface area contributed by atoms with Crippen LogP contribution < -0.4 is 10.6 Å². The van der Waals surface area contributed by atoms with Crippen molar-refractivity contribution in [1.29, 1.82) is 0 Å². The molecule has 23 heavy (non-hydrogen) atoms. The summed E-state index contributed by atoms with van der Waals surface area (Å²) in [5.41, 5.74) is 3.01. The van der Waals surface area contributed by atoms with Crippen LogP contribution in [0.3, 0.4) is 0 Å². The number of ether oxygens (including phenoxy) is 1. The van der Waals surface area contributed by atoms with Gasteiger partial charge in [-0.3, -0.25) is 4.79 Å². The highest BCUT2D eigenvalue weighted by atomic mass is 16.5. The van der Waals surface area contributed by atoms with Gasteiger partial charge in [0.15, 0.2) is 0 Å². The molecule has 0 aliphatic rings. The van der Waals surface area contributed by atoms with Crippen molar-refractivity contribution in [2.75, 3.05) is 32.1 Å². The highest BCUT2D eigenvalue weighted by Crippen LogP contribution is 2.30. The monoisotopic (exact) mass is 309 g/mol. The number of rotatable bonds is 6. The summed E-state index contributed by atoms with van der Waals surface area (Å²) in [6, 6.07) is 16.2. The zero-order chi connectivity index (χ0) is 16.1. The Morgan fingerprint density at radius 1 is 1.00 bits per heavy atom. The van der Waals surface area contributed by atoms with E-state index in [9.17, 15) is 4.79 Å². The van der Waals surface area contributed by atoms with Crippen LogP contribution in [0.5, 0.6) is 0 Å². The van der Waals surface area contributed by atoms with Gasteiger partial charge in [-0.25, -0.2) is 4.98 Å². The fraction of sp³-hybridized carbons (Fsp3) is 0.222. The highest BCUT2D eigenvalue weighted by Gasteiger charge is 2.08. The van der Waals surface area contributed by atoms with Crippen molar-refractivity contribution in [3.63, 3.8) is 0 Å². The minimum atomic E-state index is -0.259. The molecule has 0 saturated heterocycles. The van der Waals surface area contributed by atoms with Gasteiger partial charge in [0.25, 0.3) is 0 Å². The van der Waals surface area contributed by atoms with Crippen LogP contribution in [0.25, 0.3) is 21.8 Å². The molecular formula is C18H19N3O2. The first-order chi connectivity index (χ1) is 11.3. The molecule has 0 aliphatic carbocycles. The van der Waals surface area contributed by atoms with Gasteiger partial charge in [-0.05, 0) is 12.1 Å². The second-order valence-corrected chi connectivity index (χ2v) is 5.20. The Labute approximate surface area is 134 Å². The predicted molar refractivity (Wildman–Crippen MR) is 92.6 cm³/mol. The van der Waals surface area contributed by atoms with Gasteiger partial charge in [0.05, 0.1) is 30.4 Å². The molecule has 5 heteroatoms. The summed E-state index contributed by atoms with van der Waals surface area (Å²) in [7, 11) is 1.39. The van der Waals surface area contributed by atoms with Gasteiger partial charge < -0.3 is 15.4 Å². The Hall–Kier alpha value is -2.66. The molecular weight excluding hydrogens is 290 g/mol. The maximum atomic E-state index is 11.1. The van der Waals surface area contributed by atoms with Crippen LogP contribution in [0.2, 0.25) is 0 Å². The SMILES string of the molecule is COC(=O)CNCCNc1c2ccccc2nc2ccccc12. The van der Waals surface area contributed by atoms with Gasteiger partial charge >= 0.3 is 5.97 Å². The van der Waals surface area contributed by atoms with E-state index >= 15 is 0 Å². The third-order valence-corrected chi connectivity index (χ3v) is 3.69. The van der Waals surface area contributed by atoms with E-state index in [0.717, 1.165) is 27.5 Å². The number of aromatic nitrogens is 1. The van der Waals surface area contributed by atoms with Crippen molar-refractivity contribution in [3.8, 4) is 0 Å². The molecule has 118 valence electrons. The zero-order valence-electron chi connectivity index (χ0n) is 13.0. The van der Waals surface area contributed by atoms with Crippen molar-refractivity contribution in [2.24, 2.45) is 0 Å². The first kappa shape index (κ1) is 15.2. The molecule has 0 atom stereocenters. The third kappa shape index (κ3) is 3.40. The molecule has 1 aromatic heterocycles. The van der Waals surface area contributed by atoms with E-state index in [0.29, 0.717) is 13.1 Å². The number of fused-ring (bicyclic) bond motifs is 2. The molecule has 2 N–H and O–H groups in total. The Bertz CT molecular complexity index is 779. The van der Waals surface area contributed by atoms with E-state index in [1.165, 1.54) is 7.11 Å². The van der Waals surface area contributed by atoms with E-state index in [4.69, 9.17) is 4.98 Å². The number of para-hydroxylation sites is 2. The van der Waals surface area contributed by atoms with Crippen molar-refractivity contribution in [1.82, 2.24) is 10.3 Å². The molecule has 1 heterocycles. The molecule has 2 aromatic carbocycles. The summed E-state index contributed by atoms with van der Waals surface area (Å²) in [5.74, 6) is -0.259. The minimum absolute atomic E-state index is 0.218. The first-order valence-electron chi connectivity index (χ1n) is 7.58. The topological polar surface area (TPSA) is 63.2 Å². The number of hydrogen-bond acceptors (Lipinski definition) is 5. The van der Waals surface area contributed by atoms with E-state index in [1.807, 2.05) is 36.4 Å². The number of carbonyl (C=O) groups excluding carboxylic acids is 1. The fourth-order valence-electron chi connectivity index (χ4n) is 2.57. The molecule has 5 nitrogen and oxygen atoms in total. The van der Waals surface area contributed by atoms with Crippen LogP contribution in [0, 0.1) is 0 Å². The minimum Gasteiger partial charge on any atom is -0.468 e. The number of benzene rings is 2. The number of hydrogen-bond donors (Lipinski definition) is 2. The lowest BCUT2D eigenvalue weighted by Gasteiger charge is -2.13. The van der Waals surface area contributed by atoms with Gasteiger partial charge in [0.1, 0.15) is 0 Å². The van der Waals surface area contributed by atoms with Crippen LogP contribution in [0.4, 0.5) is 5.69 Å². The average Bonchev–Trinajstić information content (AvgIpc) is 2.60. The Morgan fingerprint density at radius 2 is 1.61 bits per heavy atom. The van der Waals surface area contributed by atoms with Gasteiger partial charge in [-0.2, -0.15) is 0 Å². The summed E-state index contributed by atoms with van der Waals surface area (Å²) >= 11 is 0. The van der Waals surface area contributed by atoms with E-state index in [2.05, 4.69) is 27.5 Å². The Balaban J connectivity index is 1.81. The smallest absolute Gasteiger partial charge is 0.319 e. The molecule has 3 rings (SSSR count). The van der Waals surface area contributed by atoms with Crippen molar-refractivity contribution >= 4 is 33.5 Å². The molecule has 0 bridgehead atoms. The molecule has 0 unspecified atom stereocenters. The summed E-state index contributed by atoms with van der Waals surface area (Å²) in [5, 5.41) is 8.71. The second-order valence-electron chi connectivity index (χ2n) is 5.20. The molecule has 0 aliphatic heterocycles. The molecule has 3 aromatic rings. The maximum absolute atomic E-state index is 11.1. The lowest BCUT2D eigenvalue weighted by atomic mass is 10.1. The number of pyridine rings is 1. The fourth-order valence-corrected chi connectivity index (χ4v) is 2.57. The summed E-state index contributed by atoms with van der Waals surface area (Å²) in [4.78, 5) is 15.8. The lowest BCUT2D eigenvalue weighted by Crippen LogP contribution is -2.28. The van der Waals surface area contributed by atoms with Gasteiger partial charge in [-0.15, -0.1) is 0 Å². The quantitative estimate of drug-likeness (QED) is 0.416. The van der Waals surface area contributed by atoms with Crippen molar-refractivity contribution in [3.05, 3.63) is 48.5 Å². The Kier molecular flexibility index (Phi) is 4.68. The number of nitrogens with zero attached hydrogens (tertiary/aromatic N) is 1. The molecule has 0 radical (unpaired) electrons. The van der Waals surface area contributed by atoms with Crippen molar-refractivity contribution < 1.29 is 9.53 Å². The van der Waals surface area contributed by atoms with E-state index in [1.54, 1.807) is 0 Å². The number of methoxy groups -OCH3 is 1. The van der Waals surface area contributed by atoms with E-state index < -0.39 is 0 Å². The average molecular weight is 309 g/mol. The van der Waals surface area contributed by atoms with Gasteiger partial charge in [0.2, 0.25) is 0 Å². The van der Waals surface area contributed by atoms with Gasteiger partial charge in [-0.1, -0.05) is 36.4 Å². The molecule has 0 amide bonds. The van der Waals surface area contributed by atoms with Crippen LogP contribution in [0.15, 0.2) is 48.5 Å². The standard InChI is InChI=1S/C18H19N3O2/c1-23-17(22)12-19-10-11-20-18-13-6-2-4-8-15(13)21-16-9-5-3-7-14(16)18/h2-9,19H,10-12H2,1H3,(H,20,21). The normalized spacial score (nSPS) is 10.8. The largest absolute Gasteiger partial charge is 0.468 e. The van der Waals surface area contributed by atoms with Crippen molar-refractivity contribution in [2.45, 2.75) is 0 Å². The third-order valence-electron chi connectivity index (χ3n) is 3.69. The molecule has 0 fully saturated rings. The highest BCUT2D eigenvalue weighted by molar-refractivity contribution is 6.07. The van der Waals surface area contributed by atoms with Crippen LogP contribution >= 0.6 is 0 Å². The summed E-state index contributed by atoms with van der Waals surface area (Å²) < 4.78 is 4.60. The summed E-state index contributed by atoms with van der Waals surface area (Å²) in [6.07, 6.45) is 0. The predicted octanol–water partition coefficient (Wildman–Crippen LogP) is 2.56. The summed E-state index contributed by atoms with van der Waals surface area (Å²) in [6.45, 7) is 1.59. The number of carbonyl (C=O) groups is 1. The van der Waals surface area contributed by atoms with E-state index in [-0.39, 0.29) is 12.5 Å². The number of anilines is 1. The van der Waals surface area contributed by atoms with Crippen LogP contribution in [0.1, 0.15) is 0 Å². The lowest BCUT2D eigenvalue weighted by molar-refractivity contribution is -0.139. The first-order valence-corrected chi connectivity index (χ1v) is 7.58. The molecule has 0 saturated carbocycles. The maximum Gasteiger partial charge on any atom is 0.319 e. The second kappa shape index (κ2) is 7.07. The molecule has 0 spiro atoms. The number of esters is 1. The van der Waals surface area contributed by atoms with Crippen LogP contribution in [-0.2, 0) is 9.53 Å². The van der Waals surface area contributed by atoms with Crippen LogP contribution in [-0.4, -0.2) is 37.7 Å².